The average molecular weight is 238 g/mol. The molecule has 0 aliphatic rings. The normalized spacial score (nSPS) is 12.2. The Morgan fingerprint density at radius 3 is 2.56 bits per heavy atom. The summed E-state index contributed by atoms with van der Waals surface area (Å²) in [5.74, 6) is -0.111. The smallest absolute Gasteiger partial charge is 0.213 e. The van der Waals surface area contributed by atoms with E-state index in [1.807, 2.05) is 42.8 Å². The van der Waals surface area contributed by atoms with Crippen molar-refractivity contribution in [3.05, 3.63) is 35.5 Å². The van der Waals surface area contributed by atoms with Crippen LogP contribution in [0.2, 0.25) is 0 Å². The van der Waals surface area contributed by atoms with Crippen LogP contribution >= 0.6 is 0 Å². The van der Waals surface area contributed by atoms with Crippen LogP contribution in [0.4, 0.5) is 0 Å². The molecule has 0 spiro atoms. The number of hydrogen-bond donors (Lipinski definition) is 1. The Morgan fingerprint density at radius 1 is 1.31 bits per heavy atom. The zero-order chi connectivity index (χ0) is 11.9. The van der Waals surface area contributed by atoms with Gasteiger partial charge in [-0.1, -0.05) is 18.2 Å². The highest BCUT2D eigenvalue weighted by Gasteiger charge is 2.15. The maximum atomic E-state index is 11.2. The van der Waals surface area contributed by atoms with Crippen LogP contribution in [0.1, 0.15) is 11.3 Å². The zero-order valence-electron chi connectivity index (χ0n) is 9.27. The largest absolute Gasteiger partial charge is 0.348 e. The molecule has 1 aromatic carbocycles. The second-order valence-corrected chi connectivity index (χ2v) is 5.56. The van der Waals surface area contributed by atoms with Crippen LogP contribution in [-0.4, -0.2) is 13.0 Å². The summed E-state index contributed by atoms with van der Waals surface area (Å²) >= 11 is 0. The first-order valence-corrected chi connectivity index (χ1v) is 6.65. The molecule has 2 rings (SSSR count). The lowest BCUT2D eigenvalue weighted by atomic mass is 10.1. The van der Waals surface area contributed by atoms with E-state index in [9.17, 15) is 8.42 Å². The fraction of sp³-hybridized carbons (Fsp3) is 0.273. The Labute approximate surface area is 94.7 Å². The summed E-state index contributed by atoms with van der Waals surface area (Å²) in [5, 5.41) is 6.05. The molecular formula is C11H14N2O2S. The Hall–Kier alpha value is -1.33. The third kappa shape index (κ3) is 1.83. The summed E-state index contributed by atoms with van der Waals surface area (Å²) in [4.78, 5) is 0. The highest BCUT2D eigenvalue weighted by Crippen LogP contribution is 2.25. The third-order valence-corrected chi connectivity index (χ3v) is 3.57. The molecule has 0 amide bonds. The van der Waals surface area contributed by atoms with Crippen molar-refractivity contribution in [3.63, 3.8) is 0 Å². The molecule has 0 aliphatic heterocycles. The monoisotopic (exact) mass is 238 g/mol. The maximum Gasteiger partial charge on any atom is 0.213 e. The van der Waals surface area contributed by atoms with Crippen molar-refractivity contribution in [1.29, 1.82) is 0 Å². The molecule has 1 aromatic heterocycles. The van der Waals surface area contributed by atoms with Gasteiger partial charge in [0.15, 0.2) is 0 Å². The van der Waals surface area contributed by atoms with Crippen LogP contribution in [-0.2, 0) is 22.8 Å². The van der Waals surface area contributed by atoms with Gasteiger partial charge in [-0.2, -0.15) is 0 Å². The number of fused-ring (bicyclic) bond motifs is 1. The van der Waals surface area contributed by atoms with E-state index >= 15 is 0 Å². The number of hydrogen-bond acceptors (Lipinski definition) is 2. The SMILES string of the molecule is Cc1c(CS(N)(=O)=O)c2ccccc2n1C. The second-order valence-electron chi connectivity index (χ2n) is 3.95. The number of rotatable bonds is 2. The first kappa shape index (κ1) is 11.2. The van der Waals surface area contributed by atoms with E-state index in [2.05, 4.69) is 0 Å². The third-order valence-electron chi connectivity index (χ3n) is 2.88. The van der Waals surface area contributed by atoms with E-state index in [1.54, 1.807) is 0 Å². The summed E-state index contributed by atoms with van der Waals surface area (Å²) < 4.78 is 24.3. The standard InChI is InChI=1S/C11H14N2O2S/c1-8-10(7-16(12,14)15)9-5-3-4-6-11(9)13(8)2/h3-6H,7H2,1-2H3,(H2,12,14,15). The predicted octanol–water partition coefficient (Wildman–Crippen LogP) is 1.28. The van der Waals surface area contributed by atoms with Crippen LogP contribution in [0.3, 0.4) is 0 Å². The number of nitrogens with zero attached hydrogens (tertiary/aromatic N) is 1. The minimum atomic E-state index is -3.49. The van der Waals surface area contributed by atoms with Crippen molar-refractivity contribution < 1.29 is 8.42 Å². The summed E-state index contributed by atoms with van der Waals surface area (Å²) in [5.41, 5.74) is 2.76. The van der Waals surface area contributed by atoms with Crippen molar-refractivity contribution in [3.8, 4) is 0 Å². The van der Waals surface area contributed by atoms with E-state index in [0.717, 1.165) is 22.2 Å². The molecule has 5 heteroatoms. The number of sulfonamides is 1. The molecule has 0 saturated carbocycles. The summed E-state index contributed by atoms with van der Waals surface area (Å²) in [7, 11) is -1.57. The molecule has 16 heavy (non-hydrogen) atoms. The molecule has 0 aliphatic carbocycles. The van der Waals surface area contributed by atoms with Crippen molar-refractivity contribution in [2.24, 2.45) is 12.2 Å². The fourth-order valence-electron chi connectivity index (χ4n) is 1.98. The molecule has 0 bridgehead atoms. The van der Waals surface area contributed by atoms with Gasteiger partial charge < -0.3 is 4.57 Å². The van der Waals surface area contributed by atoms with Crippen molar-refractivity contribution >= 4 is 20.9 Å². The average Bonchev–Trinajstić information content (AvgIpc) is 2.43. The summed E-state index contributed by atoms with van der Waals surface area (Å²) in [6, 6.07) is 7.72. The second kappa shape index (κ2) is 3.61. The summed E-state index contributed by atoms with van der Waals surface area (Å²) in [6.45, 7) is 1.90. The molecule has 0 radical (unpaired) electrons. The van der Waals surface area contributed by atoms with Gasteiger partial charge in [0, 0.05) is 23.6 Å². The van der Waals surface area contributed by atoms with Crippen molar-refractivity contribution in [2.45, 2.75) is 12.7 Å². The molecule has 0 fully saturated rings. The molecule has 2 N–H and O–H groups in total. The number of aryl methyl sites for hydroxylation is 1. The van der Waals surface area contributed by atoms with Gasteiger partial charge in [-0.25, -0.2) is 13.6 Å². The van der Waals surface area contributed by atoms with E-state index in [1.165, 1.54) is 0 Å². The van der Waals surface area contributed by atoms with Gasteiger partial charge in [0.1, 0.15) is 0 Å². The molecule has 1 heterocycles. The molecular weight excluding hydrogens is 224 g/mol. The Morgan fingerprint density at radius 2 is 1.94 bits per heavy atom. The van der Waals surface area contributed by atoms with Gasteiger partial charge >= 0.3 is 0 Å². The van der Waals surface area contributed by atoms with Crippen molar-refractivity contribution in [2.75, 3.05) is 0 Å². The minimum Gasteiger partial charge on any atom is -0.348 e. The molecule has 86 valence electrons. The Balaban J connectivity index is 2.74. The van der Waals surface area contributed by atoms with Crippen LogP contribution in [0.5, 0.6) is 0 Å². The van der Waals surface area contributed by atoms with E-state index in [0.29, 0.717) is 0 Å². The first-order valence-electron chi connectivity index (χ1n) is 4.93. The number of para-hydroxylation sites is 1. The van der Waals surface area contributed by atoms with E-state index in [4.69, 9.17) is 5.14 Å². The van der Waals surface area contributed by atoms with Crippen molar-refractivity contribution in [1.82, 2.24) is 4.57 Å². The van der Waals surface area contributed by atoms with Crippen LogP contribution < -0.4 is 5.14 Å². The maximum absolute atomic E-state index is 11.2. The highest BCUT2D eigenvalue weighted by atomic mass is 32.2. The lowest BCUT2D eigenvalue weighted by Crippen LogP contribution is -2.15. The topological polar surface area (TPSA) is 65.1 Å². The Bertz CT molecular complexity index is 641. The molecule has 0 saturated heterocycles. The number of aromatic nitrogens is 1. The number of primary sulfonamides is 1. The molecule has 0 unspecified atom stereocenters. The van der Waals surface area contributed by atoms with Gasteiger partial charge in [-0.3, -0.25) is 0 Å². The lowest BCUT2D eigenvalue weighted by Gasteiger charge is -2.00. The van der Waals surface area contributed by atoms with E-state index in [-0.39, 0.29) is 5.75 Å². The Kier molecular flexibility index (Phi) is 2.52. The first-order chi connectivity index (χ1) is 7.40. The van der Waals surface area contributed by atoms with Crippen LogP contribution in [0.15, 0.2) is 24.3 Å². The number of benzene rings is 1. The quantitative estimate of drug-likeness (QED) is 0.856. The molecule has 2 aromatic rings. The van der Waals surface area contributed by atoms with Gasteiger partial charge in [0.25, 0.3) is 0 Å². The molecule has 4 nitrogen and oxygen atoms in total. The van der Waals surface area contributed by atoms with Gasteiger partial charge in [0.05, 0.1) is 5.75 Å². The van der Waals surface area contributed by atoms with E-state index < -0.39 is 10.0 Å². The van der Waals surface area contributed by atoms with Gasteiger partial charge in [0.2, 0.25) is 10.0 Å². The fourth-order valence-corrected chi connectivity index (χ4v) is 2.75. The van der Waals surface area contributed by atoms with Crippen LogP contribution in [0, 0.1) is 6.92 Å². The minimum absolute atomic E-state index is 0.111. The zero-order valence-corrected chi connectivity index (χ0v) is 10.1. The predicted molar refractivity (Wildman–Crippen MR) is 64.5 cm³/mol. The molecule has 0 atom stereocenters. The lowest BCUT2D eigenvalue weighted by molar-refractivity contribution is 0.597. The van der Waals surface area contributed by atoms with Crippen LogP contribution in [0.25, 0.3) is 10.9 Å². The number of nitrogens with two attached hydrogens (primary N) is 1. The highest BCUT2D eigenvalue weighted by molar-refractivity contribution is 7.88. The van der Waals surface area contributed by atoms with Gasteiger partial charge in [-0.05, 0) is 18.6 Å². The van der Waals surface area contributed by atoms with Gasteiger partial charge in [-0.15, -0.1) is 0 Å². The summed E-state index contributed by atoms with van der Waals surface area (Å²) in [6.07, 6.45) is 0.